The van der Waals surface area contributed by atoms with E-state index in [1.165, 1.54) is 17.0 Å². The van der Waals surface area contributed by atoms with Crippen LogP contribution in [0.2, 0.25) is 0 Å². The Labute approximate surface area is 142 Å². The molecule has 0 aliphatic heterocycles. The summed E-state index contributed by atoms with van der Waals surface area (Å²) < 4.78 is 0. The van der Waals surface area contributed by atoms with Crippen LogP contribution >= 0.6 is 11.3 Å². The number of aryl methyl sites for hydroxylation is 1. The molecular formula is C19H24N2OS. The van der Waals surface area contributed by atoms with E-state index in [4.69, 9.17) is 0 Å². The average molecular weight is 328 g/mol. The Bertz CT molecular complexity index is 685. The first-order valence-corrected chi connectivity index (χ1v) is 9.06. The number of carbonyl (C=O) groups is 1. The third-order valence-electron chi connectivity index (χ3n) is 4.62. The molecule has 4 heteroatoms. The molecule has 0 saturated heterocycles. The molecule has 3 rings (SSSR count). The van der Waals surface area contributed by atoms with E-state index in [-0.39, 0.29) is 5.91 Å². The number of nitrogens with zero attached hydrogens (tertiary/aromatic N) is 1. The Hall–Kier alpha value is -1.68. The summed E-state index contributed by atoms with van der Waals surface area (Å²) in [5, 5.41) is 3.72. The molecule has 0 unspecified atom stereocenters. The van der Waals surface area contributed by atoms with E-state index in [0.717, 1.165) is 23.5 Å². The number of carbonyl (C=O) groups excluding carboxylic acids is 1. The fraction of sp³-hybridized carbons (Fsp3) is 0.474. The van der Waals surface area contributed by atoms with Gasteiger partial charge >= 0.3 is 0 Å². The van der Waals surface area contributed by atoms with Gasteiger partial charge in [0, 0.05) is 4.88 Å². The van der Waals surface area contributed by atoms with Crippen LogP contribution in [0.5, 0.6) is 0 Å². The van der Waals surface area contributed by atoms with E-state index >= 15 is 0 Å². The standard InChI is InChI=1S/C19H24N2OS/c1-19(2,3)14-9-10-15-16(12-14)23-18(20-15)21-17(22)11-13-7-5-4-6-8-13/h4-8,14H,9-12H2,1-3H3,(H,20,21,22)/t14-/m0/s1. The Morgan fingerprint density at radius 1 is 1.30 bits per heavy atom. The molecule has 0 bridgehead atoms. The maximum absolute atomic E-state index is 12.2. The zero-order chi connectivity index (χ0) is 16.4. The number of fused-ring (bicyclic) bond motifs is 1. The van der Waals surface area contributed by atoms with E-state index in [2.05, 4.69) is 31.1 Å². The first-order chi connectivity index (χ1) is 10.9. The minimum absolute atomic E-state index is 0.00895. The van der Waals surface area contributed by atoms with E-state index in [1.807, 2.05) is 30.3 Å². The van der Waals surface area contributed by atoms with Crippen LogP contribution in [0.4, 0.5) is 5.13 Å². The molecule has 23 heavy (non-hydrogen) atoms. The van der Waals surface area contributed by atoms with Gasteiger partial charge in [-0.2, -0.15) is 0 Å². The monoisotopic (exact) mass is 328 g/mol. The highest BCUT2D eigenvalue weighted by Crippen LogP contribution is 2.40. The van der Waals surface area contributed by atoms with E-state index in [0.29, 0.717) is 17.8 Å². The van der Waals surface area contributed by atoms with Crippen molar-refractivity contribution >= 4 is 22.4 Å². The van der Waals surface area contributed by atoms with E-state index in [9.17, 15) is 4.79 Å². The Kier molecular flexibility index (Phi) is 4.53. The summed E-state index contributed by atoms with van der Waals surface area (Å²) in [6.07, 6.45) is 3.71. The van der Waals surface area contributed by atoms with Gasteiger partial charge in [-0.3, -0.25) is 4.79 Å². The molecule has 1 amide bonds. The lowest BCUT2D eigenvalue weighted by atomic mass is 9.73. The molecule has 0 saturated carbocycles. The van der Waals surface area contributed by atoms with Gasteiger partial charge in [0.2, 0.25) is 5.91 Å². The second kappa shape index (κ2) is 6.44. The number of anilines is 1. The molecule has 1 aromatic carbocycles. The van der Waals surface area contributed by atoms with Crippen LogP contribution < -0.4 is 5.32 Å². The molecule has 1 atom stereocenters. The highest BCUT2D eigenvalue weighted by atomic mass is 32.1. The van der Waals surface area contributed by atoms with Crippen molar-refractivity contribution < 1.29 is 4.79 Å². The first-order valence-electron chi connectivity index (χ1n) is 8.24. The van der Waals surface area contributed by atoms with E-state index < -0.39 is 0 Å². The first kappa shape index (κ1) is 16.2. The quantitative estimate of drug-likeness (QED) is 0.903. The fourth-order valence-corrected chi connectivity index (χ4v) is 4.22. The molecule has 3 nitrogen and oxygen atoms in total. The predicted octanol–water partition coefficient (Wildman–Crippen LogP) is 4.48. The van der Waals surface area contributed by atoms with Crippen molar-refractivity contribution in [2.24, 2.45) is 11.3 Å². The van der Waals surface area contributed by atoms with Gasteiger partial charge in [0.15, 0.2) is 5.13 Å². The molecule has 0 fully saturated rings. The highest BCUT2D eigenvalue weighted by molar-refractivity contribution is 7.15. The van der Waals surface area contributed by atoms with Crippen LogP contribution in [0, 0.1) is 11.3 Å². The summed E-state index contributed by atoms with van der Waals surface area (Å²) >= 11 is 1.65. The van der Waals surface area contributed by atoms with Crippen molar-refractivity contribution in [3.8, 4) is 0 Å². The average Bonchev–Trinajstić information content (AvgIpc) is 2.88. The van der Waals surface area contributed by atoms with Crippen LogP contribution in [-0.4, -0.2) is 10.9 Å². The lowest BCUT2D eigenvalue weighted by Gasteiger charge is -2.33. The van der Waals surface area contributed by atoms with Crippen molar-refractivity contribution in [3.05, 3.63) is 46.5 Å². The number of hydrogen-bond donors (Lipinski definition) is 1. The summed E-state index contributed by atoms with van der Waals surface area (Å²) in [4.78, 5) is 18.2. The number of aromatic nitrogens is 1. The number of rotatable bonds is 3. The molecule has 122 valence electrons. The molecule has 0 radical (unpaired) electrons. The Balaban J connectivity index is 1.65. The van der Waals surface area contributed by atoms with Crippen molar-refractivity contribution in [3.63, 3.8) is 0 Å². The minimum atomic E-state index is 0.00895. The Morgan fingerprint density at radius 3 is 2.74 bits per heavy atom. The summed E-state index contributed by atoms with van der Waals surface area (Å²) in [6, 6.07) is 9.82. The zero-order valence-electron chi connectivity index (χ0n) is 14.1. The molecule has 2 aromatic rings. The highest BCUT2D eigenvalue weighted by Gasteiger charge is 2.30. The largest absolute Gasteiger partial charge is 0.302 e. The van der Waals surface area contributed by atoms with Crippen LogP contribution in [-0.2, 0) is 24.1 Å². The molecule has 1 heterocycles. The van der Waals surface area contributed by atoms with Gasteiger partial charge in [-0.15, -0.1) is 11.3 Å². The number of benzene rings is 1. The molecule has 1 aliphatic carbocycles. The normalized spacial score (nSPS) is 17.6. The number of nitrogens with one attached hydrogen (secondary N) is 1. The van der Waals surface area contributed by atoms with Crippen molar-refractivity contribution in [2.45, 2.75) is 46.5 Å². The molecule has 1 aromatic heterocycles. The molecular weight excluding hydrogens is 304 g/mol. The minimum Gasteiger partial charge on any atom is -0.302 e. The van der Waals surface area contributed by atoms with Gasteiger partial charge in [0.1, 0.15) is 0 Å². The van der Waals surface area contributed by atoms with Gasteiger partial charge in [-0.1, -0.05) is 51.1 Å². The van der Waals surface area contributed by atoms with Crippen LogP contribution in [0.1, 0.15) is 43.3 Å². The van der Waals surface area contributed by atoms with Gasteiger partial charge < -0.3 is 5.32 Å². The smallest absolute Gasteiger partial charge is 0.230 e. The lowest BCUT2D eigenvalue weighted by molar-refractivity contribution is -0.115. The molecule has 1 aliphatic rings. The topological polar surface area (TPSA) is 42.0 Å². The van der Waals surface area contributed by atoms with Crippen molar-refractivity contribution in [1.29, 1.82) is 0 Å². The zero-order valence-corrected chi connectivity index (χ0v) is 14.9. The number of amides is 1. The van der Waals surface area contributed by atoms with Gasteiger partial charge in [-0.25, -0.2) is 4.98 Å². The summed E-state index contributed by atoms with van der Waals surface area (Å²) in [5.41, 5.74) is 2.54. The number of thiazole rings is 1. The predicted molar refractivity (Wildman–Crippen MR) is 95.9 cm³/mol. The van der Waals surface area contributed by atoms with Crippen molar-refractivity contribution in [1.82, 2.24) is 4.98 Å². The van der Waals surface area contributed by atoms with Gasteiger partial charge in [-0.05, 0) is 36.2 Å². The maximum Gasteiger partial charge on any atom is 0.230 e. The van der Waals surface area contributed by atoms with Gasteiger partial charge in [0.25, 0.3) is 0 Å². The van der Waals surface area contributed by atoms with Crippen LogP contribution in [0.15, 0.2) is 30.3 Å². The fourth-order valence-electron chi connectivity index (χ4n) is 3.11. The summed E-state index contributed by atoms with van der Waals surface area (Å²) in [5.74, 6) is 0.706. The number of hydrogen-bond acceptors (Lipinski definition) is 3. The summed E-state index contributed by atoms with van der Waals surface area (Å²) in [7, 11) is 0. The maximum atomic E-state index is 12.2. The van der Waals surface area contributed by atoms with Crippen LogP contribution in [0.25, 0.3) is 0 Å². The van der Waals surface area contributed by atoms with Gasteiger partial charge in [0.05, 0.1) is 12.1 Å². The SMILES string of the molecule is CC(C)(C)[C@H]1CCc2nc(NC(=O)Cc3ccccc3)sc2C1. The molecule has 0 spiro atoms. The third kappa shape index (κ3) is 3.99. The third-order valence-corrected chi connectivity index (χ3v) is 5.65. The Morgan fingerprint density at radius 2 is 2.04 bits per heavy atom. The second-order valence-corrected chi connectivity index (χ2v) is 8.49. The van der Waals surface area contributed by atoms with Crippen molar-refractivity contribution in [2.75, 3.05) is 5.32 Å². The lowest BCUT2D eigenvalue weighted by Crippen LogP contribution is -2.26. The van der Waals surface area contributed by atoms with Crippen LogP contribution in [0.3, 0.4) is 0 Å². The summed E-state index contributed by atoms with van der Waals surface area (Å²) in [6.45, 7) is 6.94. The van der Waals surface area contributed by atoms with E-state index in [1.54, 1.807) is 11.3 Å². The second-order valence-electron chi connectivity index (χ2n) is 7.41. The molecule has 1 N–H and O–H groups in total.